The van der Waals surface area contributed by atoms with Gasteiger partial charge in [0, 0.05) is 5.56 Å². The minimum Gasteiger partial charge on any atom is -0.481 e. The smallest absolute Gasteiger partial charge is 0.235 e. The molecular weight excluding hydrogens is 343 g/mol. The molecule has 3 nitrogen and oxygen atoms in total. The van der Waals surface area contributed by atoms with Gasteiger partial charge >= 0.3 is 0 Å². The van der Waals surface area contributed by atoms with Crippen LogP contribution in [0.3, 0.4) is 0 Å². The molecule has 0 aliphatic rings. The summed E-state index contributed by atoms with van der Waals surface area (Å²) in [4.78, 5) is 13.0. The van der Waals surface area contributed by atoms with Crippen LogP contribution in [0.4, 0.5) is 4.39 Å². The zero-order valence-corrected chi connectivity index (χ0v) is 14.7. The largest absolute Gasteiger partial charge is 0.481 e. The predicted octanol–water partition coefficient (Wildman–Crippen LogP) is 5.49. The molecule has 0 amide bonds. The first-order chi connectivity index (χ1) is 13.1. The van der Waals surface area contributed by atoms with Gasteiger partial charge in [-0.15, -0.1) is 0 Å². The van der Waals surface area contributed by atoms with E-state index in [-0.39, 0.29) is 23.6 Å². The van der Waals surface area contributed by atoms with Crippen LogP contribution in [-0.2, 0) is 6.61 Å². The second kappa shape index (κ2) is 7.08. The van der Waals surface area contributed by atoms with E-state index in [0.717, 1.165) is 11.1 Å². The number of halogens is 1. The Morgan fingerprint density at radius 1 is 0.926 bits per heavy atom. The van der Waals surface area contributed by atoms with Crippen molar-refractivity contribution in [2.75, 3.05) is 0 Å². The third-order valence-electron chi connectivity index (χ3n) is 4.37. The van der Waals surface area contributed by atoms with E-state index >= 15 is 0 Å². The SMILES string of the molecule is Cc1ccc(COc2c(-c3ccc(F)cc3)oc3ccccc3c2=O)cc1. The van der Waals surface area contributed by atoms with Crippen LogP contribution in [0.25, 0.3) is 22.3 Å². The highest BCUT2D eigenvalue weighted by atomic mass is 19.1. The van der Waals surface area contributed by atoms with Gasteiger partial charge in [-0.3, -0.25) is 4.79 Å². The van der Waals surface area contributed by atoms with Crippen LogP contribution < -0.4 is 10.2 Å². The first-order valence-corrected chi connectivity index (χ1v) is 8.62. The van der Waals surface area contributed by atoms with Gasteiger partial charge in [0.05, 0.1) is 5.39 Å². The number of benzene rings is 3. The average Bonchev–Trinajstić information content (AvgIpc) is 2.69. The van der Waals surface area contributed by atoms with E-state index in [9.17, 15) is 9.18 Å². The monoisotopic (exact) mass is 360 g/mol. The van der Waals surface area contributed by atoms with Crippen molar-refractivity contribution in [2.24, 2.45) is 0 Å². The standard InChI is InChI=1S/C23H17FO3/c1-15-6-8-16(9-7-15)14-26-23-21(25)19-4-2-3-5-20(19)27-22(23)17-10-12-18(24)13-11-17/h2-13H,14H2,1H3. The lowest BCUT2D eigenvalue weighted by atomic mass is 10.1. The maximum absolute atomic E-state index is 13.3. The summed E-state index contributed by atoms with van der Waals surface area (Å²) < 4.78 is 25.2. The zero-order valence-electron chi connectivity index (χ0n) is 14.7. The van der Waals surface area contributed by atoms with E-state index in [4.69, 9.17) is 9.15 Å². The van der Waals surface area contributed by atoms with Crippen LogP contribution in [0.15, 0.2) is 82.0 Å². The lowest BCUT2D eigenvalue weighted by molar-refractivity contribution is 0.298. The number of para-hydroxylation sites is 1. The fourth-order valence-corrected chi connectivity index (χ4v) is 2.89. The van der Waals surface area contributed by atoms with E-state index in [1.165, 1.54) is 12.1 Å². The van der Waals surface area contributed by atoms with E-state index < -0.39 is 0 Å². The number of hydrogen-bond donors (Lipinski definition) is 0. The summed E-state index contributed by atoms with van der Waals surface area (Å²) >= 11 is 0. The summed E-state index contributed by atoms with van der Waals surface area (Å²) in [6.07, 6.45) is 0. The van der Waals surface area contributed by atoms with Crippen molar-refractivity contribution >= 4 is 11.0 Å². The molecule has 0 atom stereocenters. The van der Waals surface area contributed by atoms with Crippen LogP contribution in [0.5, 0.6) is 5.75 Å². The Bertz CT molecular complexity index is 1140. The van der Waals surface area contributed by atoms with Gasteiger partial charge in [0.15, 0.2) is 5.76 Å². The van der Waals surface area contributed by atoms with Crippen molar-refractivity contribution in [1.82, 2.24) is 0 Å². The molecule has 0 spiro atoms. The maximum atomic E-state index is 13.3. The summed E-state index contributed by atoms with van der Waals surface area (Å²) in [6.45, 7) is 2.24. The lowest BCUT2D eigenvalue weighted by Crippen LogP contribution is -2.10. The number of fused-ring (bicyclic) bond motifs is 1. The fourth-order valence-electron chi connectivity index (χ4n) is 2.89. The van der Waals surface area contributed by atoms with Crippen molar-refractivity contribution < 1.29 is 13.5 Å². The molecule has 0 radical (unpaired) electrons. The highest BCUT2D eigenvalue weighted by Crippen LogP contribution is 2.31. The molecular formula is C23H17FO3. The van der Waals surface area contributed by atoms with E-state index in [2.05, 4.69) is 0 Å². The van der Waals surface area contributed by atoms with Gasteiger partial charge in [-0.05, 0) is 48.9 Å². The molecule has 0 bridgehead atoms. The van der Waals surface area contributed by atoms with Crippen LogP contribution in [-0.4, -0.2) is 0 Å². The predicted molar refractivity (Wildman–Crippen MR) is 103 cm³/mol. The molecule has 134 valence electrons. The Morgan fingerprint density at radius 2 is 1.63 bits per heavy atom. The first-order valence-electron chi connectivity index (χ1n) is 8.62. The quantitative estimate of drug-likeness (QED) is 0.483. The summed E-state index contributed by atoms with van der Waals surface area (Å²) in [5, 5.41) is 0.447. The summed E-state index contributed by atoms with van der Waals surface area (Å²) in [5.74, 6) is 0.0655. The average molecular weight is 360 g/mol. The topological polar surface area (TPSA) is 39.4 Å². The number of ether oxygens (including phenoxy) is 1. The molecule has 0 aliphatic carbocycles. The highest BCUT2D eigenvalue weighted by molar-refractivity contribution is 5.81. The number of rotatable bonds is 4. The fraction of sp³-hybridized carbons (Fsp3) is 0.0870. The first kappa shape index (κ1) is 17.0. The summed E-state index contributed by atoms with van der Waals surface area (Å²) in [5.41, 5.74) is 2.89. The van der Waals surface area contributed by atoms with Gasteiger partial charge in [-0.1, -0.05) is 42.0 Å². The van der Waals surface area contributed by atoms with Crippen LogP contribution in [0, 0.1) is 12.7 Å². The second-order valence-corrected chi connectivity index (χ2v) is 6.37. The van der Waals surface area contributed by atoms with Gasteiger partial charge in [0.25, 0.3) is 0 Å². The van der Waals surface area contributed by atoms with Crippen LogP contribution in [0.1, 0.15) is 11.1 Å². The molecule has 1 aromatic heterocycles. The molecule has 3 aromatic carbocycles. The van der Waals surface area contributed by atoms with Gasteiger partial charge in [0.1, 0.15) is 18.0 Å². The van der Waals surface area contributed by atoms with Gasteiger partial charge in [-0.25, -0.2) is 4.39 Å². The zero-order chi connectivity index (χ0) is 18.8. The van der Waals surface area contributed by atoms with Crippen LogP contribution in [0.2, 0.25) is 0 Å². The van der Waals surface area contributed by atoms with Crippen molar-refractivity contribution in [3.63, 3.8) is 0 Å². The highest BCUT2D eigenvalue weighted by Gasteiger charge is 2.17. The Kier molecular flexibility index (Phi) is 4.47. The molecule has 4 heteroatoms. The van der Waals surface area contributed by atoms with E-state index in [1.54, 1.807) is 36.4 Å². The van der Waals surface area contributed by atoms with E-state index in [0.29, 0.717) is 22.3 Å². The summed E-state index contributed by atoms with van der Waals surface area (Å²) in [6, 6.07) is 20.7. The number of hydrogen-bond acceptors (Lipinski definition) is 3. The van der Waals surface area contributed by atoms with Crippen molar-refractivity contribution in [1.29, 1.82) is 0 Å². The maximum Gasteiger partial charge on any atom is 0.235 e. The Hall–Kier alpha value is -3.40. The van der Waals surface area contributed by atoms with Crippen molar-refractivity contribution in [2.45, 2.75) is 13.5 Å². The molecule has 4 aromatic rings. The third-order valence-corrected chi connectivity index (χ3v) is 4.37. The molecule has 0 aliphatic heterocycles. The van der Waals surface area contributed by atoms with Crippen molar-refractivity contribution in [3.05, 3.63) is 100.0 Å². The Balaban J connectivity index is 1.82. The normalized spacial score (nSPS) is 10.9. The van der Waals surface area contributed by atoms with Crippen LogP contribution >= 0.6 is 0 Å². The minimum atomic E-state index is -0.357. The third kappa shape index (κ3) is 3.47. The molecule has 27 heavy (non-hydrogen) atoms. The number of aryl methyl sites for hydroxylation is 1. The van der Waals surface area contributed by atoms with Crippen molar-refractivity contribution in [3.8, 4) is 17.1 Å². The second-order valence-electron chi connectivity index (χ2n) is 6.37. The van der Waals surface area contributed by atoms with Gasteiger partial charge in [-0.2, -0.15) is 0 Å². The molecule has 0 unspecified atom stereocenters. The lowest BCUT2D eigenvalue weighted by Gasteiger charge is -2.12. The Morgan fingerprint density at radius 3 is 2.37 bits per heavy atom. The summed E-state index contributed by atoms with van der Waals surface area (Å²) in [7, 11) is 0. The van der Waals surface area contributed by atoms with E-state index in [1.807, 2.05) is 31.2 Å². The molecule has 0 N–H and O–H groups in total. The molecule has 0 saturated heterocycles. The molecule has 0 fully saturated rings. The molecule has 4 rings (SSSR count). The molecule has 0 saturated carbocycles. The Labute approximate surface area is 155 Å². The minimum absolute atomic E-state index is 0.126. The van der Waals surface area contributed by atoms with Gasteiger partial charge < -0.3 is 9.15 Å². The van der Waals surface area contributed by atoms with Gasteiger partial charge in [0.2, 0.25) is 11.2 Å². The molecule has 1 heterocycles.